The SMILES string of the molecule is O=C(O)/C(=C/c1ccc2ccccc2c1)CC(=O)N1CCCc2ccccc21. The highest BCUT2D eigenvalue weighted by atomic mass is 16.4. The van der Waals surface area contributed by atoms with Gasteiger partial charge in [0.25, 0.3) is 0 Å². The summed E-state index contributed by atoms with van der Waals surface area (Å²) in [5.41, 5.74) is 2.91. The molecule has 1 amide bonds. The zero-order chi connectivity index (χ0) is 19.5. The lowest BCUT2D eigenvalue weighted by molar-refractivity contribution is -0.133. The van der Waals surface area contributed by atoms with Gasteiger partial charge < -0.3 is 10.0 Å². The second kappa shape index (κ2) is 7.69. The van der Waals surface area contributed by atoms with Gasteiger partial charge >= 0.3 is 5.97 Å². The summed E-state index contributed by atoms with van der Waals surface area (Å²) in [6, 6.07) is 21.5. The minimum absolute atomic E-state index is 0.100. The number of amides is 1. The average Bonchev–Trinajstić information content (AvgIpc) is 2.72. The van der Waals surface area contributed by atoms with Crippen LogP contribution in [0.1, 0.15) is 24.0 Å². The Morgan fingerprint density at radius 2 is 1.71 bits per heavy atom. The van der Waals surface area contributed by atoms with Gasteiger partial charge in [0.1, 0.15) is 0 Å². The summed E-state index contributed by atoms with van der Waals surface area (Å²) >= 11 is 0. The predicted octanol–water partition coefficient (Wildman–Crippen LogP) is 4.68. The Bertz CT molecular complexity index is 1080. The standard InChI is InChI=1S/C24H21NO3/c26-23(25-13-5-9-19-7-3-4-10-22(19)25)16-21(24(27)28)15-17-11-12-18-6-1-2-8-20(18)14-17/h1-4,6-8,10-12,14-15H,5,9,13,16H2,(H,27,28)/b21-15+. The number of carboxylic acid groups (broad SMARTS) is 1. The number of para-hydroxylation sites is 1. The number of rotatable bonds is 4. The molecule has 0 saturated heterocycles. The molecule has 3 aromatic carbocycles. The summed E-state index contributed by atoms with van der Waals surface area (Å²) < 4.78 is 0. The summed E-state index contributed by atoms with van der Waals surface area (Å²) in [6.07, 6.45) is 3.30. The van der Waals surface area contributed by atoms with Crippen molar-refractivity contribution >= 4 is 34.4 Å². The Hall–Kier alpha value is -3.40. The number of aryl methyl sites for hydroxylation is 1. The monoisotopic (exact) mass is 371 g/mol. The van der Waals surface area contributed by atoms with E-state index in [4.69, 9.17) is 0 Å². The van der Waals surface area contributed by atoms with Crippen LogP contribution in [-0.4, -0.2) is 23.5 Å². The molecule has 140 valence electrons. The zero-order valence-corrected chi connectivity index (χ0v) is 15.5. The lowest BCUT2D eigenvalue weighted by Gasteiger charge is -2.29. The van der Waals surface area contributed by atoms with Crippen LogP contribution in [0.25, 0.3) is 16.8 Å². The van der Waals surface area contributed by atoms with Gasteiger partial charge in [-0.05, 0) is 52.9 Å². The quantitative estimate of drug-likeness (QED) is 0.678. The fraction of sp³-hybridized carbons (Fsp3) is 0.167. The number of carbonyl (C=O) groups excluding carboxylic acids is 1. The van der Waals surface area contributed by atoms with Crippen molar-refractivity contribution < 1.29 is 14.7 Å². The summed E-state index contributed by atoms with van der Waals surface area (Å²) in [4.78, 5) is 26.4. The lowest BCUT2D eigenvalue weighted by Crippen LogP contribution is -2.36. The van der Waals surface area contributed by atoms with Crippen molar-refractivity contribution in [3.8, 4) is 0 Å². The van der Waals surface area contributed by atoms with Gasteiger partial charge in [0, 0.05) is 17.8 Å². The van der Waals surface area contributed by atoms with Crippen LogP contribution in [0, 0.1) is 0 Å². The minimum Gasteiger partial charge on any atom is -0.478 e. The molecule has 28 heavy (non-hydrogen) atoms. The Morgan fingerprint density at radius 3 is 2.54 bits per heavy atom. The largest absolute Gasteiger partial charge is 0.478 e. The van der Waals surface area contributed by atoms with Gasteiger partial charge in [-0.25, -0.2) is 4.79 Å². The van der Waals surface area contributed by atoms with Crippen LogP contribution in [0.15, 0.2) is 72.3 Å². The van der Waals surface area contributed by atoms with Crippen molar-refractivity contribution in [3.05, 3.63) is 83.4 Å². The van der Waals surface area contributed by atoms with Gasteiger partial charge in [-0.3, -0.25) is 4.79 Å². The zero-order valence-electron chi connectivity index (χ0n) is 15.5. The van der Waals surface area contributed by atoms with Crippen LogP contribution in [-0.2, 0) is 16.0 Å². The fourth-order valence-electron chi connectivity index (χ4n) is 3.74. The van der Waals surface area contributed by atoms with Gasteiger partial charge in [-0.15, -0.1) is 0 Å². The summed E-state index contributed by atoms with van der Waals surface area (Å²) in [5, 5.41) is 11.8. The number of hydrogen-bond acceptors (Lipinski definition) is 2. The van der Waals surface area contributed by atoms with Crippen molar-refractivity contribution in [3.63, 3.8) is 0 Å². The van der Waals surface area contributed by atoms with E-state index in [1.165, 1.54) is 0 Å². The molecule has 1 aliphatic rings. The van der Waals surface area contributed by atoms with Crippen molar-refractivity contribution in [2.45, 2.75) is 19.3 Å². The van der Waals surface area contributed by atoms with Crippen LogP contribution in [0.5, 0.6) is 0 Å². The predicted molar refractivity (Wildman–Crippen MR) is 111 cm³/mol. The van der Waals surface area contributed by atoms with Crippen LogP contribution in [0.3, 0.4) is 0 Å². The third-order valence-corrected chi connectivity index (χ3v) is 5.14. The Morgan fingerprint density at radius 1 is 0.964 bits per heavy atom. The number of hydrogen-bond donors (Lipinski definition) is 1. The van der Waals surface area contributed by atoms with Gasteiger partial charge in [-0.2, -0.15) is 0 Å². The van der Waals surface area contributed by atoms with Crippen LogP contribution < -0.4 is 4.90 Å². The number of benzene rings is 3. The van der Waals surface area contributed by atoms with Gasteiger partial charge in [0.05, 0.1) is 6.42 Å². The normalized spacial score (nSPS) is 14.0. The molecule has 0 atom stereocenters. The first-order valence-electron chi connectivity index (χ1n) is 9.43. The molecule has 0 aliphatic carbocycles. The van der Waals surface area contributed by atoms with Gasteiger partial charge in [0.2, 0.25) is 5.91 Å². The van der Waals surface area contributed by atoms with Crippen molar-refractivity contribution in [2.75, 3.05) is 11.4 Å². The average molecular weight is 371 g/mol. The molecule has 0 bridgehead atoms. The second-order valence-electron chi connectivity index (χ2n) is 7.04. The molecular weight excluding hydrogens is 350 g/mol. The van der Waals surface area contributed by atoms with Crippen molar-refractivity contribution in [1.29, 1.82) is 0 Å². The Kier molecular flexibility index (Phi) is 4.94. The number of fused-ring (bicyclic) bond motifs is 2. The summed E-state index contributed by atoms with van der Waals surface area (Å²) in [5.74, 6) is -1.24. The van der Waals surface area contributed by atoms with E-state index in [1.807, 2.05) is 66.7 Å². The second-order valence-corrected chi connectivity index (χ2v) is 7.04. The number of carbonyl (C=O) groups is 2. The number of nitrogens with zero attached hydrogens (tertiary/aromatic N) is 1. The van der Waals surface area contributed by atoms with E-state index in [0.717, 1.165) is 40.4 Å². The third kappa shape index (κ3) is 3.67. The van der Waals surface area contributed by atoms with Crippen LogP contribution >= 0.6 is 0 Å². The number of anilines is 1. The van der Waals surface area contributed by atoms with E-state index in [1.54, 1.807) is 11.0 Å². The Balaban J connectivity index is 1.61. The number of carboxylic acids is 1. The molecule has 0 aromatic heterocycles. The first-order valence-corrected chi connectivity index (χ1v) is 9.43. The Labute approximate surface area is 163 Å². The molecule has 0 radical (unpaired) electrons. The maximum Gasteiger partial charge on any atom is 0.332 e. The number of aliphatic carboxylic acids is 1. The van der Waals surface area contributed by atoms with E-state index in [-0.39, 0.29) is 17.9 Å². The van der Waals surface area contributed by atoms with E-state index >= 15 is 0 Å². The highest BCUT2D eigenvalue weighted by molar-refractivity contribution is 6.04. The summed E-state index contributed by atoms with van der Waals surface area (Å²) in [6.45, 7) is 0.624. The van der Waals surface area contributed by atoms with Gasteiger partial charge in [0.15, 0.2) is 0 Å². The molecular formula is C24H21NO3. The molecule has 4 nitrogen and oxygen atoms in total. The molecule has 3 aromatic rings. The maximum absolute atomic E-state index is 12.9. The van der Waals surface area contributed by atoms with E-state index < -0.39 is 5.97 Å². The first kappa shape index (κ1) is 18.0. The van der Waals surface area contributed by atoms with E-state index in [0.29, 0.717) is 6.54 Å². The lowest BCUT2D eigenvalue weighted by atomic mass is 10.00. The third-order valence-electron chi connectivity index (χ3n) is 5.14. The highest BCUT2D eigenvalue weighted by Gasteiger charge is 2.24. The maximum atomic E-state index is 12.9. The topological polar surface area (TPSA) is 57.6 Å². The molecule has 1 heterocycles. The minimum atomic E-state index is -1.06. The van der Waals surface area contributed by atoms with E-state index in [9.17, 15) is 14.7 Å². The smallest absolute Gasteiger partial charge is 0.332 e. The van der Waals surface area contributed by atoms with Crippen LogP contribution in [0.4, 0.5) is 5.69 Å². The van der Waals surface area contributed by atoms with Crippen molar-refractivity contribution in [1.82, 2.24) is 0 Å². The summed E-state index contributed by atoms with van der Waals surface area (Å²) in [7, 11) is 0. The van der Waals surface area contributed by atoms with Crippen LogP contribution in [0.2, 0.25) is 0 Å². The first-order chi connectivity index (χ1) is 13.6. The van der Waals surface area contributed by atoms with Crippen molar-refractivity contribution in [2.24, 2.45) is 0 Å². The molecule has 1 N–H and O–H groups in total. The molecule has 0 unspecified atom stereocenters. The van der Waals surface area contributed by atoms with E-state index in [2.05, 4.69) is 0 Å². The molecule has 4 rings (SSSR count). The molecule has 1 aliphatic heterocycles. The molecule has 0 spiro atoms. The molecule has 0 saturated carbocycles. The molecule has 4 heteroatoms. The fourth-order valence-corrected chi connectivity index (χ4v) is 3.74. The van der Waals surface area contributed by atoms with Gasteiger partial charge in [-0.1, -0.05) is 54.6 Å². The molecule has 0 fully saturated rings. The highest BCUT2D eigenvalue weighted by Crippen LogP contribution is 2.28.